The van der Waals surface area contributed by atoms with Gasteiger partial charge in [-0.25, -0.2) is 9.69 Å². The maximum absolute atomic E-state index is 12.7. The number of anilines is 1. The Balaban J connectivity index is 1.30. The standard InChI is InChI=1S/C23H24ClN3O4/c24-17-8-6-16(7-9-17)23(31)12-14-26(15-13-23)20(28)11-10-19-21(29)27(22(30)25-19)18-4-2-1-3-5-18/h1-9,19,31H,10-15H2,(H,25,30). The van der Waals surface area contributed by atoms with Gasteiger partial charge in [0, 0.05) is 24.5 Å². The lowest BCUT2D eigenvalue weighted by atomic mass is 9.84. The van der Waals surface area contributed by atoms with E-state index in [2.05, 4.69) is 5.32 Å². The minimum absolute atomic E-state index is 0.0848. The Morgan fingerprint density at radius 2 is 1.71 bits per heavy atom. The van der Waals surface area contributed by atoms with Crippen molar-refractivity contribution in [1.82, 2.24) is 10.2 Å². The molecule has 2 N–H and O–H groups in total. The van der Waals surface area contributed by atoms with E-state index in [4.69, 9.17) is 11.6 Å². The van der Waals surface area contributed by atoms with E-state index in [0.29, 0.717) is 36.6 Å². The molecule has 1 unspecified atom stereocenters. The summed E-state index contributed by atoms with van der Waals surface area (Å²) < 4.78 is 0. The van der Waals surface area contributed by atoms with E-state index in [9.17, 15) is 19.5 Å². The molecule has 2 aromatic carbocycles. The molecule has 2 aliphatic rings. The highest BCUT2D eigenvalue weighted by molar-refractivity contribution is 6.30. The fourth-order valence-corrected chi connectivity index (χ4v) is 4.28. The molecule has 4 amide bonds. The molecule has 4 rings (SSSR count). The molecule has 31 heavy (non-hydrogen) atoms. The van der Waals surface area contributed by atoms with Gasteiger partial charge in [0.15, 0.2) is 0 Å². The van der Waals surface area contributed by atoms with Crippen molar-refractivity contribution in [3.05, 3.63) is 65.2 Å². The minimum atomic E-state index is -0.979. The zero-order valence-corrected chi connectivity index (χ0v) is 17.7. The van der Waals surface area contributed by atoms with Gasteiger partial charge in [0.05, 0.1) is 11.3 Å². The molecule has 1 atom stereocenters. The summed E-state index contributed by atoms with van der Waals surface area (Å²) in [6.07, 6.45) is 1.26. The molecule has 2 saturated heterocycles. The van der Waals surface area contributed by atoms with Gasteiger partial charge in [0.2, 0.25) is 5.91 Å². The van der Waals surface area contributed by atoms with Crippen LogP contribution in [0.25, 0.3) is 0 Å². The van der Waals surface area contributed by atoms with Crippen molar-refractivity contribution < 1.29 is 19.5 Å². The number of urea groups is 1. The Morgan fingerprint density at radius 3 is 2.35 bits per heavy atom. The lowest BCUT2D eigenvalue weighted by Crippen LogP contribution is -2.45. The Kier molecular flexibility index (Phi) is 5.98. The topological polar surface area (TPSA) is 90.0 Å². The fraction of sp³-hybridized carbons (Fsp3) is 0.348. The van der Waals surface area contributed by atoms with Crippen molar-refractivity contribution in [3.63, 3.8) is 0 Å². The second kappa shape index (κ2) is 8.69. The number of halogens is 1. The first-order valence-corrected chi connectivity index (χ1v) is 10.7. The average Bonchev–Trinajstić information content (AvgIpc) is 3.06. The van der Waals surface area contributed by atoms with E-state index in [0.717, 1.165) is 10.5 Å². The molecule has 0 bridgehead atoms. The molecule has 7 nitrogen and oxygen atoms in total. The molecular formula is C23H24ClN3O4. The van der Waals surface area contributed by atoms with Crippen LogP contribution in [0, 0.1) is 0 Å². The van der Waals surface area contributed by atoms with Crippen LogP contribution in [0.15, 0.2) is 54.6 Å². The Hall–Kier alpha value is -2.90. The van der Waals surface area contributed by atoms with Gasteiger partial charge in [-0.15, -0.1) is 0 Å². The van der Waals surface area contributed by atoms with Crippen LogP contribution in [0.1, 0.15) is 31.2 Å². The van der Waals surface area contributed by atoms with Crippen molar-refractivity contribution in [3.8, 4) is 0 Å². The summed E-state index contributed by atoms with van der Waals surface area (Å²) in [5.74, 6) is -0.432. The molecule has 0 aromatic heterocycles. The number of carbonyl (C=O) groups excluding carboxylic acids is 3. The van der Waals surface area contributed by atoms with Crippen molar-refractivity contribution in [1.29, 1.82) is 0 Å². The van der Waals surface area contributed by atoms with Crippen LogP contribution >= 0.6 is 11.6 Å². The second-order valence-corrected chi connectivity index (χ2v) is 8.41. The molecule has 0 saturated carbocycles. The largest absolute Gasteiger partial charge is 0.385 e. The number of benzene rings is 2. The van der Waals surface area contributed by atoms with Crippen molar-refractivity contribution in [2.45, 2.75) is 37.3 Å². The van der Waals surface area contributed by atoms with E-state index in [1.165, 1.54) is 0 Å². The molecule has 8 heteroatoms. The first-order valence-electron chi connectivity index (χ1n) is 10.3. The third-order valence-corrected chi connectivity index (χ3v) is 6.26. The van der Waals surface area contributed by atoms with Crippen molar-refractivity contribution in [2.75, 3.05) is 18.0 Å². The van der Waals surface area contributed by atoms with E-state index < -0.39 is 17.7 Å². The third kappa shape index (κ3) is 4.43. The van der Waals surface area contributed by atoms with E-state index in [1.54, 1.807) is 41.3 Å². The number of aliphatic hydroxyl groups is 1. The maximum Gasteiger partial charge on any atom is 0.329 e. The van der Waals surface area contributed by atoms with E-state index in [-0.39, 0.29) is 24.7 Å². The zero-order chi connectivity index (χ0) is 22.0. The number of rotatable bonds is 5. The molecule has 162 valence electrons. The van der Waals surface area contributed by atoms with Crippen LogP contribution in [-0.2, 0) is 15.2 Å². The molecule has 0 radical (unpaired) electrons. The lowest BCUT2D eigenvalue weighted by molar-refractivity contribution is -0.136. The van der Waals surface area contributed by atoms with Gasteiger partial charge in [-0.05, 0) is 49.1 Å². The first kappa shape index (κ1) is 21.3. The molecule has 2 fully saturated rings. The highest BCUT2D eigenvalue weighted by atomic mass is 35.5. The van der Waals surface area contributed by atoms with Gasteiger partial charge in [0.1, 0.15) is 6.04 Å². The highest BCUT2D eigenvalue weighted by Gasteiger charge is 2.40. The van der Waals surface area contributed by atoms with Gasteiger partial charge in [0.25, 0.3) is 5.91 Å². The number of hydrogen-bond acceptors (Lipinski definition) is 4. The normalized spacial score (nSPS) is 20.6. The number of nitrogens with zero attached hydrogens (tertiary/aromatic N) is 2. The summed E-state index contributed by atoms with van der Waals surface area (Å²) in [5.41, 5.74) is 0.327. The number of nitrogens with one attached hydrogen (secondary N) is 1. The molecule has 0 spiro atoms. The van der Waals surface area contributed by atoms with Crippen LogP contribution < -0.4 is 10.2 Å². The highest BCUT2D eigenvalue weighted by Crippen LogP contribution is 2.33. The van der Waals surface area contributed by atoms with E-state index >= 15 is 0 Å². The number of carbonyl (C=O) groups is 3. The van der Waals surface area contributed by atoms with Crippen molar-refractivity contribution >= 4 is 35.1 Å². The number of para-hydroxylation sites is 1. The monoisotopic (exact) mass is 441 g/mol. The Morgan fingerprint density at radius 1 is 1.06 bits per heavy atom. The first-order chi connectivity index (χ1) is 14.9. The van der Waals surface area contributed by atoms with Gasteiger partial charge in [-0.3, -0.25) is 9.59 Å². The smallest absolute Gasteiger partial charge is 0.329 e. The average molecular weight is 442 g/mol. The quantitative estimate of drug-likeness (QED) is 0.698. The van der Waals surface area contributed by atoms with Crippen LogP contribution in [0.4, 0.5) is 10.5 Å². The van der Waals surface area contributed by atoms with Gasteiger partial charge in [-0.2, -0.15) is 0 Å². The van der Waals surface area contributed by atoms with Crippen LogP contribution in [0.5, 0.6) is 0 Å². The van der Waals surface area contributed by atoms with E-state index in [1.807, 2.05) is 18.2 Å². The number of imide groups is 1. The Labute approximate surface area is 185 Å². The van der Waals surface area contributed by atoms with Crippen LogP contribution in [0.2, 0.25) is 5.02 Å². The van der Waals surface area contributed by atoms with Crippen molar-refractivity contribution in [2.24, 2.45) is 0 Å². The molecular weight excluding hydrogens is 418 g/mol. The van der Waals surface area contributed by atoms with Gasteiger partial charge in [-0.1, -0.05) is 41.9 Å². The maximum atomic E-state index is 12.7. The predicted molar refractivity (Wildman–Crippen MR) is 117 cm³/mol. The second-order valence-electron chi connectivity index (χ2n) is 7.97. The summed E-state index contributed by atoms with van der Waals surface area (Å²) >= 11 is 5.92. The molecule has 2 aromatic rings. The molecule has 0 aliphatic carbocycles. The van der Waals surface area contributed by atoms with Crippen LogP contribution in [-0.4, -0.2) is 47.0 Å². The Bertz CT molecular complexity index is 972. The number of hydrogen-bond donors (Lipinski definition) is 2. The van der Waals surface area contributed by atoms with Gasteiger partial charge < -0.3 is 15.3 Å². The minimum Gasteiger partial charge on any atom is -0.385 e. The zero-order valence-electron chi connectivity index (χ0n) is 17.0. The number of likely N-dealkylation sites (tertiary alicyclic amines) is 1. The number of amides is 4. The molecule has 2 aliphatic heterocycles. The summed E-state index contributed by atoms with van der Waals surface area (Å²) in [5, 5.41) is 14.2. The third-order valence-electron chi connectivity index (χ3n) is 6.01. The summed E-state index contributed by atoms with van der Waals surface area (Å²) in [6, 6.07) is 14.6. The summed E-state index contributed by atoms with van der Waals surface area (Å²) in [7, 11) is 0. The predicted octanol–water partition coefficient (Wildman–Crippen LogP) is 3.06. The number of piperidine rings is 1. The van der Waals surface area contributed by atoms with Crippen LogP contribution in [0.3, 0.4) is 0 Å². The fourth-order valence-electron chi connectivity index (χ4n) is 4.15. The SMILES string of the molecule is O=C(CCC1NC(=O)N(c2ccccc2)C1=O)N1CCC(O)(c2ccc(Cl)cc2)CC1. The summed E-state index contributed by atoms with van der Waals surface area (Å²) in [6.45, 7) is 0.859. The lowest BCUT2D eigenvalue weighted by Gasteiger charge is -2.38. The molecule has 2 heterocycles. The summed E-state index contributed by atoms with van der Waals surface area (Å²) in [4.78, 5) is 40.4. The van der Waals surface area contributed by atoms with Gasteiger partial charge >= 0.3 is 6.03 Å².